The van der Waals surface area contributed by atoms with Crippen LogP contribution in [-0.2, 0) is 37.1 Å². The summed E-state index contributed by atoms with van der Waals surface area (Å²) in [7, 11) is 0. The van der Waals surface area contributed by atoms with E-state index in [1.54, 1.807) is 0 Å². The second-order valence-electron chi connectivity index (χ2n) is 10.7. The van der Waals surface area contributed by atoms with Gasteiger partial charge in [-0.1, -0.05) is 27.7 Å². The topological polar surface area (TPSA) is 228 Å². The Labute approximate surface area is 241 Å². The number of carboxylic acid groups (broad SMARTS) is 2. The Bertz CT molecular complexity index is 1450. The van der Waals surface area contributed by atoms with E-state index in [0.717, 1.165) is 4.90 Å². The number of alkyl halides is 3. The maximum atomic E-state index is 13.3. The van der Waals surface area contributed by atoms with E-state index in [1.165, 1.54) is 27.7 Å². The molecule has 1 aromatic rings. The lowest BCUT2D eigenvalue weighted by molar-refractivity contribution is -0.179. The number of hydrogen-bond donors (Lipinski definition) is 4. The van der Waals surface area contributed by atoms with E-state index < -0.39 is 101 Å². The highest BCUT2D eigenvalue weighted by Gasteiger charge is 2.51. The number of hydrogen-bond acceptors (Lipinski definition) is 10. The summed E-state index contributed by atoms with van der Waals surface area (Å²) in [5.41, 5.74) is -0.278. The molecule has 0 aromatic carbocycles. The number of aromatic carboxylic acids is 1. The molecule has 0 bridgehead atoms. The molecule has 0 unspecified atom stereocenters. The van der Waals surface area contributed by atoms with Gasteiger partial charge in [-0.3, -0.25) is 48.1 Å². The molecule has 5 N–H and O–H groups in total. The van der Waals surface area contributed by atoms with Gasteiger partial charge in [0, 0.05) is 6.07 Å². The Morgan fingerprint density at radius 2 is 1.60 bits per heavy atom. The molecule has 2 amide bonds. The van der Waals surface area contributed by atoms with Gasteiger partial charge in [0.2, 0.25) is 5.91 Å². The molecule has 43 heavy (non-hydrogen) atoms. The highest BCUT2D eigenvalue weighted by molar-refractivity contribution is 6.15. The molecule has 0 aliphatic carbocycles. The van der Waals surface area contributed by atoms with Crippen LogP contribution in [-0.4, -0.2) is 89.9 Å². The zero-order valence-corrected chi connectivity index (χ0v) is 23.6. The lowest BCUT2D eigenvalue weighted by Crippen LogP contribution is -2.66. The van der Waals surface area contributed by atoms with Crippen LogP contribution in [0.2, 0.25) is 0 Å². The molecular formula is C25H32F3N5O10. The molecule has 2 rings (SSSR count). The highest BCUT2D eigenvalue weighted by Crippen LogP contribution is 2.30. The lowest BCUT2D eigenvalue weighted by Gasteiger charge is -2.35. The number of nitrogens with zero attached hydrogens (tertiary/aromatic N) is 3. The van der Waals surface area contributed by atoms with E-state index in [0.29, 0.717) is 6.07 Å². The maximum Gasteiger partial charge on any atom is 0.451 e. The number of aromatic nitrogens is 2. The fourth-order valence-electron chi connectivity index (χ4n) is 4.92. The molecule has 3 atom stereocenters. The fraction of sp³-hybridized carbons (Fsp3) is 0.600. The Morgan fingerprint density at radius 1 is 1.02 bits per heavy atom. The normalized spacial score (nSPS) is 17.9. The summed E-state index contributed by atoms with van der Waals surface area (Å²) < 4.78 is 40.2. The van der Waals surface area contributed by atoms with E-state index in [9.17, 15) is 56.6 Å². The van der Waals surface area contributed by atoms with Gasteiger partial charge in [0.1, 0.15) is 12.2 Å². The van der Waals surface area contributed by atoms with Crippen LogP contribution in [0, 0.1) is 11.8 Å². The Kier molecular flexibility index (Phi) is 10.6. The first kappa shape index (κ1) is 35.0. The number of carboxylic acids is 2. The smallest absolute Gasteiger partial charge is 0.451 e. The third-order valence-electron chi connectivity index (χ3n) is 7.21. The van der Waals surface area contributed by atoms with Crippen LogP contribution in [0.5, 0.6) is 0 Å². The first-order valence-corrected chi connectivity index (χ1v) is 13.0. The zero-order chi connectivity index (χ0) is 33.2. The van der Waals surface area contributed by atoms with Crippen LogP contribution in [0.3, 0.4) is 0 Å². The molecule has 1 aliphatic heterocycles. The van der Waals surface area contributed by atoms with E-state index >= 15 is 0 Å². The van der Waals surface area contributed by atoms with E-state index in [-0.39, 0.29) is 28.5 Å². The summed E-state index contributed by atoms with van der Waals surface area (Å²) >= 11 is 0. The molecule has 238 valence electrons. The van der Waals surface area contributed by atoms with Crippen molar-refractivity contribution >= 4 is 35.3 Å². The van der Waals surface area contributed by atoms with Crippen molar-refractivity contribution in [1.82, 2.24) is 19.4 Å². The number of nitrogens with one attached hydrogen (secondary N) is 1. The average Bonchev–Trinajstić information content (AvgIpc) is 3.35. The van der Waals surface area contributed by atoms with Crippen molar-refractivity contribution in [3.05, 3.63) is 32.6 Å². The fourth-order valence-corrected chi connectivity index (χ4v) is 4.92. The van der Waals surface area contributed by atoms with Crippen LogP contribution >= 0.6 is 0 Å². The molecule has 1 fully saturated rings. The third-order valence-corrected chi connectivity index (χ3v) is 7.21. The van der Waals surface area contributed by atoms with Gasteiger partial charge in [0.15, 0.2) is 11.3 Å². The van der Waals surface area contributed by atoms with Crippen molar-refractivity contribution in [2.75, 3.05) is 6.54 Å². The minimum Gasteiger partial charge on any atom is -0.480 e. The van der Waals surface area contributed by atoms with E-state index in [2.05, 4.69) is 0 Å². The van der Waals surface area contributed by atoms with Crippen LogP contribution in [0.15, 0.2) is 15.7 Å². The summed E-state index contributed by atoms with van der Waals surface area (Å²) in [6.07, 6.45) is -4.99. The van der Waals surface area contributed by atoms with Crippen molar-refractivity contribution in [2.24, 2.45) is 17.6 Å². The van der Waals surface area contributed by atoms with Gasteiger partial charge in [0.05, 0.1) is 18.6 Å². The van der Waals surface area contributed by atoms with Crippen LogP contribution in [0.1, 0.15) is 51.0 Å². The minimum atomic E-state index is -5.19. The number of carbonyl (C=O) groups is 6. The Balaban J connectivity index is 2.42. The second kappa shape index (κ2) is 13.0. The number of rotatable bonds is 12. The number of Topliss-reactive ketones (excluding diaryl/α,β-unsaturated/α-hetero) is 2. The predicted octanol–water partition coefficient (Wildman–Crippen LogP) is -1.02. The van der Waals surface area contributed by atoms with Crippen molar-refractivity contribution < 1.29 is 52.2 Å². The third kappa shape index (κ3) is 7.24. The lowest BCUT2D eigenvalue weighted by atomic mass is 9.82. The number of likely N-dealkylation sites (tertiary alicyclic amines) is 1. The molecular weight excluding hydrogens is 587 g/mol. The van der Waals surface area contributed by atoms with E-state index in [4.69, 9.17) is 10.8 Å². The summed E-state index contributed by atoms with van der Waals surface area (Å²) in [5.74, 6) is -11.3. The predicted molar refractivity (Wildman–Crippen MR) is 139 cm³/mol. The van der Waals surface area contributed by atoms with Gasteiger partial charge in [0.25, 0.3) is 17.2 Å². The summed E-state index contributed by atoms with van der Waals surface area (Å²) in [6, 6.07) is -2.68. The van der Waals surface area contributed by atoms with Gasteiger partial charge in [-0.2, -0.15) is 13.2 Å². The van der Waals surface area contributed by atoms with Gasteiger partial charge >= 0.3 is 23.8 Å². The first-order chi connectivity index (χ1) is 19.7. The number of ketones is 2. The largest absolute Gasteiger partial charge is 0.480 e. The summed E-state index contributed by atoms with van der Waals surface area (Å²) in [6.45, 7) is 2.84. The van der Waals surface area contributed by atoms with Crippen molar-refractivity contribution in [1.29, 1.82) is 0 Å². The second-order valence-corrected chi connectivity index (χ2v) is 10.7. The number of halogens is 3. The minimum absolute atomic E-state index is 0.0187. The summed E-state index contributed by atoms with van der Waals surface area (Å²) in [5, 5.41) is 20.2. The van der Waals surface area contributed by atoms with Crippen molar-refractivity contribution in [2.45, 2.75) is 77.4 Å². The monoisotopic (exact) mass is 619 g/mol. The number of aliphatic carboxylic acids is 1. The average molecular weight is 620 g/mol. The first-order valence-electron chi connectivity index (χ1n) is 13.0. The number of imide groups is 1. The molecule has 1 saturated heterocycles. The molecule has 18 heteroatoms. The number of carbonyl (C=O) groups excluding carboxylic acids is 4. The SMILES string of the molecule is CC(C)[C@@H](C(=O)C(F)(F)F)N1CCC[C@H]1C(=O)NC(=O)[C@](N)(C(=O)Cn1c(=O)cc(C(=O)O)n(CC(=O)O)c1=O)C(C)C. The van der Waals surface area contributed by atoms with Crippen LogP contribution in [0.25, 0.3) is 0 Å². The molecule has 15 nitrogen and oxygen atoms in total. The molecule has 0 saturated carbocycles. The van der Waals surface area contributed by atoms with E-state index in [1.807, 2.05) is 5.32 Å². The van der Waals surface area contributed by atoms with Gasteiger partial charge < -0.3 is 15.9 Å². The molecule has 0 spiro atoms. The van der Waals surface area contributed by atoms with Crippen LogP contribution in [0.4, 0.5) is 13.2 Å². The number of nitrogens with two attached hydrogens (primary N) is 1. The number of amides is 2. The molecule has 2 heterocycles. The van der Waals surface area contributed by atoms with Crippen molar-refractivity contribution in [3.8, 4) is 0 Å². The highest BCUT2D eigenvalue weighted by atomic mass is 19.4. The maximum absolute atomic E-state index is 13.3. The zero-order valence-electron chi connectivity index (χ0n) is 23.6. The van der Waals surface area contributed by atoms with Gasteiger partial charge in [-0.15, -0.1) is 0 Å². The Morgan fingerprint density at radius 3 is 2.07 bits per heavy atom. The quantitative estimate of drug-likeness (QED) is 0.206. The Hall–Kier alpha value is -4.19. The standard InChI is InChI=1S/C25H32F3N5O10/c1-11(2)18(19(38)25(26,27)28)31-7-5-6-13(31)20(39)30-22(42)24(29,12(3)4)15(34)9-33-16(35)8-14(21(40)41)32(23(33)43)10-17(36)37/h8,11-13,18H,5-7,9-10,29H2,1-4H3,(H,36,37)(H,40,41)(H,30,39,42)/t13-,18-,24+/m0/s1. The van der Waals surface area contributed by atoms with Crippen LogP contribution < -0.4 is 22.3 Å². The van der Waals surface area contributed by atoms with Gasteiger partial charge in [-0.25, -0.2) is 9.59 Å². The molecule has 0 radical (unpaired) electrons. The van der Waals surface area contributed by atoms with Gasteiger partial charge in [-0.05, 0) is 31.2 Å². The molecule has 1 aromatic heterocycles. The van der Waals surface area contributed by atoms with Crippen molar-refractivity contribution in [3.63, 3.8) is 0 Å². The molecule has 1 aliphatic rings. The summed E-state index contributed by atoms with van der Waals surface area (Å²) in [4.78, 5) is 101.